The Labute approximate surface area is 119 Å². The van der Waals surface area contributed by atoms with Crippen molar-refractivity contribution in [2.75, 3.05) is 18.1 Å². The third-order valence-corrected chi connectivity index (χ3v) is 6.15. The van der Waals surface area contributed by atoms with Gasteiger partial charge in [-0.1, -0.05) is 6.92 Å². The van der Waals surface area contributed by atoms with E-state index < -0.39 is 21.0 Å². The Morgan fingerprint density at radius 3 is 2.70 bits per heavy atom. The van der Waals surface area contributed by atoms with Crippen LogP contribution in [0.1, 0.15) is 29.3 Å². The average molecular weight is 328 g/mol. The maximum absolute atomic E-state index is 12.6. The number of alkyl halides is 3. The van der Waals surface area contributed by atoms with Gasteiger partial charge < -0.3 is 5.32 Å². The number of hydrogen-bond donors (Lipinski definition) is 1. The van der Waals surface area contributed by atoms with E-state index in [1.807, 2.05) is 6.92 Å². The van der Waals surface area contributed by atoms with E-state index in [-0.39, 0.29) is 23.5 Å². The molecule has 1 aliphatic rings. The molecule has 0 spiro atoms. The molecule has 4 nitrogen and oxygen atoms in total. The third kappa shape index (κ3) is 3.50. The maximum Gasteiger partial charge on any atom is 0.443 e. The Morgan fingerprint density at radius 2 is 2.25 bits per heavy atom. The van der Waals surface area contributed by atoms with E-state index in [1.54, 1.807) is 0 Å². The highest BCUT2D eigenvalue weighted by Crippen LogP contribution is 2.38. The second-order valence-electron chi connectivity index (χ2n) is 4.76. The molecular weight excluding hydrogens is 313 g/mol. The Kier molecular flexibility index (Phi) is 4.41. The smallest absolute Gasteiger partial charge is 0.309 e. The summed E-state index contributed by atoms with van der Waals surface area (Å²) in [5.41, 5.74) is 0. The largest absolute Gasteiger partial charge is 0.443 e. The van der Waals surface area contributed by atoms with Crippen LogP contribution >= 0.6 is 11.3 Å². The van der Waals surface area contributed by atoms with Gasteiger partial charge in [-0.05, 0) is 18.9 Å². The monoisotopic (exact) mass is 328 g/mol. The van der Waals surface area contributed by atoms with Crippen LogP contribution in [0.2, 0.25) is 0 Å². The molecule has 2 rings (SSSR count). The zero-order valence-electron chi connectivity index (χ0n) is 10.8. The van der Waals surface area contributed by atoms with E-state index in [0.717, 1.165) is 0 Å². The molecule has 0 amide bonds. The van der Waals surface area contributed by atoms with Gasteiger partial charge in [0.15, 0.2) is 14.8 Å². The summed E-state index contributed by atoms with van der Waals surface area (Å²) in [4.78, 5) is 3.85. The maximum atomic E-state index is 12.6. The molecule has 114 valence electrons. The molecular formula is C11H15F3N2O2S2. The summed E-state index contributed by atoms with van der Waals surface area (Å²) >= 11 is 0.581. The summed E-state index contributed by atoms with van der Waals surface area (Å²) in [6.45, 7) is 2.39. The molecule has 0 aliphatic carbocycles. The molecule has 2 unspecified atom stereocenters. The fourth-order valence-electron chi connectivity index (χ4n) is 2.37. The van der Waals surface area contributed by atoms with Crippen molar-refractivity contribution in [1.29, 1.82) is 0 Å². The van der Waals surface area contributed by atoms with Gasteiger partial charge in [0.25, 0.3) is 0 Å². The zero-order valence-corrected chi connectivity index (χ0v) is 12.4. The number of thiazole rings is 1. The fraction of sp³-hybridized carbons (Fsp3) is 0.727. The minimum absolute atomic E-state index is 0.0178. The molecule has 1 N–H and O–H groups in total. The predicted molar refractivity (Wildman–Crippen MR) is 70.3 cm³/mol. The van der Waals surface area contributed by atoms with Gasteiger partial charge in [-0.25, -0.2) is 13.4 Å². The summed E-state index contributed by atoms with van der Waals surface area (Å²) in [5, 5.41) is 2.19. The molecule has 2 heterocycles. The topological polar surface area (TPSA) is 59.1 Å². The van der Waals surface area contributed by atoms with Crippen LogP contribution in [0.25, 0.3) is 0 Å². The summed E-state index contributed by atoms with van der Waals surface area (Å²) in [7, 11) is -3.07. The fourth-order valence-corrected chi connectivity index (χ4v) is 5.16. The number of rotatable bonds is 4. The highest BCUT2D eigenvalue weighted by molar-refractivity contribution is 7.91. The highest BCUT2D eigenvalue weighted by atomic mass is 32.2. The molecule has 1 saturated heterocycles. The van der Waals surface area contributed by atoms with Crippen LogP contribution in [0.3, 0.4) is 0 Å². The number of nitrogens with one attached hydrogen (secondary N) is 1. The Morgan fingerprint density at radius 1 is 1.55 bits per heavy atom. The van der Waals surface area contributed by atoms with Crippen LogP contribution in [0.15, 0.2) is 6.20 Å². The van der Waals surface area contributed by atoms with E-state index in [0.29, 0.717) is 29.2 Å². The third-order valence-electron chi connectivity index (χ3n) is 3.24. The highest BCUT2D eigenvalue weighted by Gasteiger charge is 2.38. The molecule has 1 aromatic heterocycles. The summed E-state index contributed by atoms with van der Waals surface area (Å²) < 4.78 is 60.8. The lowest BCUT2D eigenvalue weighted by Crippen LogP contribution is -2.28. The lowest BCUT2D eigenvalue weighted by Gasteiger charge is -2.21. The minimum Gasteiger partial charge on any atom is -0.309 e. The molecule has 1 aromatic rings. The lowest BCUT2D eigenvalue weighted by molar-refractivity contribution is -0.137. The first-order valence-electron chi connectivity index (χ1n) is 6.19. The Balaban J connectivity index is 2.23. The van der Waals surface area contributed by atoms with Crippen LogP contribution in [0.5, 0.6) is 0 Å². The first-order valence-corrected chi connectivity index (χ1v) is 8.83. The van der Waals surface area contributed by atoms with Gasteiger partial charge in [-0.3, -0.25) is 0 Å². The second kappa shape index (κ2) is 5.61. The van der Waals surface area contributed by atoms with Crippen LogP contribution in [0.4, 0.5) is 13.2 Å². The van der Waals surface area contributed by atoms with Crippen molar-refractivity contribution in [3.05, 3.63) is 16.1 Å². The first-order chi connectivity index (χ1) is 9.23. The Bertz CT molecular complexity index is 568. The number of halogens is 3. The van der Waals surface area contributed by atoms with Gasteiger partial charge in [-0.15, -0.1) is 11.3 Å². The number of nitrogens with zero attached hydrogens (tertiary/aromatic N) is 1. The SMILES string of the molecule is CCNC(c1cnc(C(F)(F)F)s1)C1CCS(=O)(=O)C1. The molecule has 9 heteroatoms. The summed E-state index contributed by atoms with van der Waals surface area (Å²) in [5.74, 6) is -0.0736. The van der Waals surface area contributed by atoms with E-state index in [2.05, 4.69) is 10.3 Å². The van der Waals surface area contributed by atoms with Crippen molar-refractivity contribution in [3.63, 3.8) is 0 Å². The average Bonchev–Trinajstić information content (AvgIpc) is 2.92. The molecule has 1 aliphatic heterocycles. The van der Waals surface area contributed by atoms with Gasteiger partial charge in [0, 0.05) is 17.1 Å². The summed E-state index contributed by atoms with van der Waals surface area (Å²) in [6, 6.07) is -0.383. The predicted octanol–water partition coefficient (Wildman–Crippen LogP) is 2.25. The molecule has 0 bridgehead atoms. The van der Waals surface area contributed by atoms with Crippen molar-refractivity contribution in [3.8, 4) is 0 Å². The zero-order chi connectivity index (χ0) is 15.0. The van der Waals surface area contributed by atoms with Gasteiger partial charge in [0.05, 0.1) is 11.5 Å². The van der Waals surface area contributed by atoms with Crippen molar-refractivity contribution in [1.82, 2.24) is 10.3 Å². The molecule has 2 atom stereocenters. The number of sulfone groups is 1. The minimum atomic E-state index is -4.46. The Hall–Kier alpha value is -0.670. The van der Waals surface area contributed by atoms with Gasteiger partial charge in [-0.2, -0.15) is 13.2 Å². The van der Waals surface area contributed by atoms with E-state index in [1.165, 1.54) is 6.20 Å². The lowest BCUT2D eigenvalue weighted by atomic mass is 9.98. The molecule has 0 aromatic carbocycles. The molecule has 20 heavy (non-hydrogen) atoms. The second-order valence-corrected chi connectivity index (χ2v) is 8.05. The first kappa shape index (κ1) is 15.7. The van der Waals surface area contributed by atoms with Crippen molar-refractivity contribution >= 4 is 21.2 Å². The summed E-state index contributed by atoms with van der Waals surface area (Å²) in [6.07, 6.45) is -2.79. The van der Waals surface area contributed by atoms with Crippen LogP contribution in [-0.2, 0) is 16.0 Å². The molecule has 1 fully saturated rings. The van der Waals surface area contributed by atoms with Gasteiger partial charge in [0.1, 0.15) is 0 Å². The van der Waals surface area contributed by atoms with Crippen LogP contribution in [-0.4, -0.2) is 31.5 Å². The normalized spacial score (nSPS) is 23.9. The van der Waals surface area contributed by atoms with Crippen LogP contribution < -0.4 is 5.32 Å². The number of hydrogen-bond acceptors (Lipinski definition) is 5. The van der Waals surface area contributed by atoms with E-state index in [4.69, 9.17) is 0 Å². The van der Waals surface area contributed by atoms with Crippen molar-refractivity contribution < 1.29 is 21.6 Å². The van der Waals surface area contributed by atoms with Crippen molar-refractivity contribution in [2.45, 2.75) is 25.6 Å². The molecule has 0 saturated carbocycles. The van der Waals surface area contributed by atoms with Crippen molar-refractivity contribution in [2.24, 2.45) is 5.92 Å². The van der Waals surface area contributed by atoms with Gasteiger partial charge >= 0.3 is 6.18 Å². The van der Waals surface area contributed by atoms with E-state index in [9.17, 15) is 21.6 Å². The number of aromatic nitrogens is 1. The standard InChI is InChI=1S/C11H15F3N2O2S2/c1-2-15-9(7-3-4-20(17,18)6-7)8-5-16-10(19-8)11(12,13)14/h5,7,9,15H,2-4,6H2,1H3. The molecule has 0 radical (unpaired) electrons. The van der Waals surface area contributed by atoms with Crippen LogP contribution in [0, 0.1) is 5.92 Å². The van der Waals surface area contributed by atoms with Gasteiger partial charge in [0.2, 0.25) is 0 Å². The quantitative estimate of drug-likeness (QED) is 0.921. The van der Waals surface area contributed by atoms with E-state index >= 15 is 0 Å².